The zero-order valence-corrected chi connectivity index (χ0v) is 13.7. The SMILES string of the molecule is Cc1ccc2cccc(OC(=O)Nc3cc(Cl)cc(Cl)c3)c2n1. The molecular formula is C17H12Cl2N2O2. The Bertz CT molecular complexity index is 877. The van der Waals surface area contributed by atoms with Crippen molar-refractivity contribution < 1.29 is 9.53 Å². The van der Waals surface area contributed by atoms with E-state index in [-0.39, 0.29) is 0 Å². The molecule has 0 aliphatic carbocycles. The number of fused-ring (bicyclic) bond motifs is 1. The third-order valence-electron chi connectivity index (χ3n) is 3.13. The Balaban J connectivity index is 1.84. The van der Waals surface area contributed by atoms with Gasteiger partial charge in [-0.1, -0.05) is 41.4 Å². The number of aryl methyl sites for hydroxylation is 1. The van der Waals surface area contributed by atoms with Crippen molar-refractivity contribution in [2.45, 2.75) is 6.92 Å². The molecule has 4 nitrogen and oxygen atoms in total. The highest BCUT2D eigenvalue weighted by Crippen LogP contribution is 2.25. The minimum absolute atomic E-state index is 0.386. The summed E-state index contributed by atoms with van der Waals surface area (Å²) in [6, 6.07) is 14.0. The molecular weight excluding hydrogens is 335 g/mol. The van der Waals surface area contributed by atoms with Crippen LogP contribution in [0.3, 0.4) is 0 Å². The first-order chi connectivity index (χ1) is 11.0. The first-order valence-corrected chi connectivity index (χ1v) is 7.58. The van der Waals surface area contributed by atoms with Crippen LogP contribution in [-0.2, 0) is 0 Å². The number of anilines is 1. The van der Waals surface area contributed by atoms with Gasteiger partial charge in [0, 0.05) is 26.8 Å². The Labute approximate surface area is 143 Å². The number of amides is 1. The maximum atomic E-state index is 12.1. The summed E-state index contributed by atoms with van der Waals surface area (Å²) in [6.07, 6.45) is -0.640. The van der Waals surface area contributed by atoms with E-state index >= 15 is 0 Å². The van der Waals surface area contributed by atoms with Crippen LogP contribution in [-0.4, -0.2) is 11.1 Å². The maximum absolute atomic E-state index is 12.1. The number of carbonyl (C=O) groups excluding carboxylic acids is 1. The van der Waals surface area contributed by atoms with E-state index < -0.39 is 6.09 Å². The lowest BCUT2D eigenvalue weighted by Gasteiger charge is -2.09. The number of nitrogens with one attached hydrogen (secondary N) is 1. The molecule has 1 aromatic heterocycles. The smallest absolute Gasteiger partial charge is 0.408 e. The number of pyridine rings is 1. The van der Waals surface area contributed by atoms with Gasteiger partial charge in [-0.05, 0) is 37.3 Å². The van der Waals surface area contributed by atoms with E-state index in [1.807, 2.05) is 25.1 Å². The number of benzene rings is 2. The number of hydrogen-bond acceptors (Lipinski definition) is 3. The molecule has 2 aromatic carbocycles. The van der Waals surface area contributed by atoms with Crippen molar-refractivity contribution in [2.75, 3.05) is 5.32 Å². The van der Waals surface area contributed by atoms with Gasteiger partial charge in [-0.15, -0.1) is 0 Å². The molecule has 0 atom stereocenters. The molecule has 6 heteroatoms. The monoisotopic (exact) mass is 346 g/mol. The van der Waals surface area contributed by atoms with E-state index in [1.165, 1.54) is 0 Å². The van der Waals surface area contributed by atoms with E-state index in [0.29, 0.717) is 27.0 Å². The molecule has 0 unspecified atom stereocenters. The Morgan fingerprint density at radius 3 is 2.57 bits per heavy atom. The predicted octanol–water partition coefficient (Wildman–Crippen LogP) is 5.46. The van der Waals surface area contributed by atoms with Gasteiger partial charge < -0.3 is 4.74 Å². The van der Waals surface area contributed by atoms with Gasteiger partial charge in [0.2, 0.25) is 0 Å². The number of ether oxygens (including phenoxy) is 1. The van der Waals surface area contributed by atoms with Crippen LogP contribution in [0.4, 0.5) is 10.5 Å². The highest BCUT2D eigenvalue weighted by molar-refractivity contribution is 6.35. The van der Waals surface area contributed by atoms with Crippen molar-refractivity contribution in [3.8, 4) is 5.75 Å². The van der Waals surface area contributed by atoms with Crippen LogP contribution in [0.15, 0.2) is 48.5 Å². The van der Waals surface area contributed by atoms with Crippen molar-refractivity contribution >= 4 is 45.9 Å². The first-order valence-electron chi connectivity index (χ1n) is 6.82. The lowest BCUT2D eigenvalue weighted by Crippen LogP contribution is -2.17. The summed E-state index contributed by atoms with van der Waals surface area (Å²) < 4.78 is 5.37. The number of aromatic nitrogens is 1. The molecule has 0 bridgehead atoms. The van der Waals surface area contributed by atoms with Gasteiger partial charge in [0.05, 0.1) is 0 Å². The second-order valence-electron chi connectivity index (χ2n) is 4.95. The Hall–Kier alpha value is -2.30. The third-order valence-corrected chi connectivity index (χ3v) is 3.57. The second-order valence-corrected chi connectivity index (χ2v) is 5.83. The molecule has 0 saturated carbocycles. The van der Waals surface area contributed by atoms with Gasteiger partial charge >= 0.3 is 6.09 Å². The van der Waals surface area contributed by atoms with E-state index in [4.69, 9.17) is 27.9 Å². The lowest BCUT2D eigenvalue weighted by molar-refractivity contribution is 0.215. The average Bonchev–Trinajstić information content (AvgIpc) is 2.46. The Kier molecular flexibility index (Phi) is 4.37. The molecule has 23 heavy (non-hydrogen) atoms. The normalized spacial score (nSPS) is 10.6. The van der Waals surface area contributed by atoms with E-state index in [0.717, 1.165) is 11.1 Å². The molecule has 0 radical (unpaired) electrons. The van der Waals surface area contributed by atoms with Gasteiger partial charge in [0.15, 0.2) is 5.75 Å². The fraction of sp³-hybridized carbons (Fsp3) is 0.0588. The number of rotatable bonds is 2. The first kappa shape index (κ1) is 15.6. The molecule has 0 aliphatic heterocycles. The zero-order chi connectivity index (χ0) is 16.4. The molecule has 3 aromatic rings. The quantitative estimate of drug-likeness (QED) is 0.670. The molecule has 1 amide bonds. The molecule has 3 rings (SSSR count). The van der Waals surface area contributed by atoms with Crippen LogP contribution in [0.5, 0.6) is 5.75 Å². The summed E-state index contributed by atoms with van der Waals surface area (Å²) in [6.45, 7) is 1.88. The van der Waals surface area contributed by atoms with Gasteiger partial charge in [-0.25, -0.2) is 9.78 Å². The summed E-state index contributed by atoms with van der Waals surface area (Å²) >= 11 is 11.8. The van der Waals surface area contributed by atoms with Crippen LogP contribution < -0.4 is 10.1 Å². The summed E-state index contributed by atoms with van der Waals surface area (Å²) in [5.74, 6) is 0.386. The van der Waals surface area contributed by atoms with Crippen molar-refractivity contribution in [2.24, 2.45) is 0 Å². The predicted molar refractivity (Wildman–Crippen MR) is 92.6 cm³/mol. The van der Waals surface area contributed by atoms with Crippen LogP contribution >= 0.6 is 23.2 Å². The third kappa shape index (κ3) is 3.73. The molecule has 0 spiro atoms. The van der Waals surface area contributed by atoms with Crippen molar-refractivity contribution in [1.82, 2.24) is 4.98 Å². The topological polar surface area (TPSA) is 51.2 Å². The zero-order valence-electron chi connectivity index (χ0n) is 12.1. The van der Waals surface area contributed by atoms with Crippen molar-refractivity contribution in [1.29, 1.82) is 0 Å². The maximum Gasteiger partial charge on any atom is 0.417 e. The van der Waals surface area contributed by atoms with Crippen molar-refractivity contribution in [3.63, 3.8) is 0 Å². The lowest BCUT2D eigenvalue weighted by atomic mass is 10.2. The Morgan fingerprint density at radius 2 is 1.83 bits per heavy atom. The van der Waals surface area contributed by atoms with Crippen LogP contribution in [0.25, 0.3) is 10.9 Å². The second kappa shape index (κ2) is 6.44. The minimum Gasteiger partial charge on any atom is -0.408 e. The van der Waals surface area contributed by atoms with E-state index in [9.17, 15) is 4.79 Å². The van der Waals surface area contributed by atoms with Gasteiger partial charge in [0.1, 0.15) is 5.52 Å². The summed E-state index contributed by atoms with van der Waals surface area (Å²) in [4.78, 5) is 16.5. The van der Waals surface area contributed by atoms with E-state index in [1.54, 1.807) is 30.3 Å². The fourth-order valence-corrected chi connectivity index (χ4v) is 2.70. The molecule has 116 valence electrons. The van der Waals surface area contributed by atoms with E-state index in [2.05, 4.69) is 10.3 Å². The summed E-state index contributed by atoms with van der Waals surface area (Å²) in [5.41, 5.74) is 1.93. The van der Waals surface area contributed by atoms with Gasteiger partial charge in [0.25, 0.3) is 0 Å². The van der Waals surface area contributed by atoms with Gasteiger partial charge in [-0.2, -0.15) is 0 Å². The molecule has 0 saturated heterocycles. The van der Waals surface area contributed by atoms with Crippen LogP contribution in [0, 0.1) is 6.92 Å². The number of carbonyl (C=O) groups is 1. The standard InChI is InChI=1S/C17H12Cl2N2O2/c1-10-5-6-11-3-2-4-15(16(11)20-10)23-17(22)21-14-8-12(18)7-13(19)9-14/h2-9H,1H3,(H,21,22). The molecule has 1 heterocycles. The summed E-state index contributed by atoms with van der Waals surface area (Å²) in [7, 11) is 0. The Morgan fingerprint density at radius 1 is 1.09 bits per heavy atom. The minimum atomic E-state index is -0.640. The number of hydrogen-bond donors (Lipinski definition) is 1. The molecule has 0 fully saturated rings. The van der Waals surface area contributed by atoms with Crippen LogP contribution in [0.1, 0.15) is 5.69 Å². The van der Waals surface area contributed by atoms with Gasteiger partial charge in [-0.3, -0.25) is 5.32 Å². The average molecular weight is 347 g/mol. The number of nitrogens with zero attached hydrogens (tertiary/aromatic N) is 1. The number of halogens is 2. The molecule has 1 N–H and O–H groups in total. The highest BCUT2D eigenvalue weighted by atomic mass is 35.5. The largest absolute Gasteiger partial charge is 0.417 e. The van der Waals surface area contributed by atoms with Crippen LogP contribution in [0.2, 0.25) is 10.0 Å². The fourth-order valence-electron chi connectivity index (χ4n) is 2.17. The highest BCUT2D eigenvalue weighted by Gasteiger charge is 2.10. The number of para-hydroxylation sites is 1. The molecule has 0 aliphatic rings. The van der Waals surface area contributed by atoms with Crippen molar-refractivity contribution in [3.05, 3.63) is 64.3 Å². The summed E-state index contributed by atoms with van der Waals surface area (Å²) in [5, 5.41) is 4.34.